The highest BCUT2D eigenvalue weighted by Gasteiger charge is 2.60. The third-order valence-electron chi connectivity index (χ3n) is 6.06. The van der Waals surface area contributed by atoms with Crippen molar-refractivity contribution in [2.45, 2.75) is 19.1 Å². The number of fused-ring (bicyclic) bond motifs is 1. The molecular formula is C25H21ClN2O4. The fourth-order valence-corrected chi connectivity index (χ4v) is 4.69. The molecule has 5 rings (SSSR count). The van der Waals surface area contributed by atoms with Crippen molar-refractivity contribution in [1.82, 2.24) is 0 Å². The minimum absolute atomic E-state index is 0.320. The van der Waals surface area contributed by atoms with Crippen LogP contribution in [-0.4, -0.2) is 25.0 Å². The van der Waals surface area contributed by atoms with Crippen molar-refractivity contribution in [1.29, 1.82) is 0 Å². The quantitative estimate of drug-likeness (QED) is 0.541. The zero-order chi connectivity index (χ0) is 22.4. The highest BCUT2D eigenvalue weighted by molar-refractivity contribution is 6.32. The number of benzene rings is 3. The van der Waals surface area contributed by atoms with E-state index in [1.54, 1.807) is 37.3 Å². The molecule has 2 fully saturated rings. The van der Waals surface area contributed by atoms with Crippen LogP contribution in [0.1, 0.15) is 17.2 Å². The Morgan fingerprint density at radius 2 is 1.62 bits per heavy atom. The van der Waals surface area contributed by atoms with Crippen molar-refractivity contribution >= 4 is 34.8 Å². The van der Waals surface area contributed by atoms with Crippen LogP contribution in [0.4, 0.5) is 11.4 Å². The molecule has 0 bridgehead atoms. The Balaban J connectivity index is 1.63. The van der Waals surface area contributed by atoms with Gasteiger partial charge in [0.15, 0.2) is 6.10 Å². The summed E-state index contributed by atoms with van der Waals surface area (Å²) in [4.78, 5) is 34.6. The molecule has 2 aliphatic rings. The number of hydrogen-bond acceptors (Lipinski definition) is 5. The summed E-state index contributed by atoms with van der Waals surface area (Å²) in [6, 6.07) is 21.6. The normalized spacial score (nSPS) is 22.4. The molecule has 0 aromatic heterocycles. The van der Waals surface area contributed by atoms with Crippen LogP contribution in [0, 0.1) is 12.8 Å². The molecule has 162 valence electrons. The number of methoxy groups -OCH3 is 1. The van der Waals surface area contributed by atoms with Crippen LogP contribution in [0.5, 0.6) is 5.75 Å². The van der Waals surface area contributed by atoms with Crippen molar-refractivity contribution in [2.24, 2.45) is 5.92 Å². The average molecular weight is 449 g/mol. The molecule has 0 N–H and O–H groups in total. The van der Waals surface area contributed by atoms with E-state index in [1.165, 1.54) is 4.90 Å². The predicted molar refractivity (Wildman–Crippen MR) is 122 cm³/mol. The summed E-state index contributed by atoms with van der Waals surface area (Å²) in [6.07, 6.45) is -0.948. The molecule has 2 amide bonds. The highest BCUT2D eigenvalue weighted by atomic mass is 35.5. The Morgan fingerprint density at radius 1 is 0.906 bits per heavy atom. The van der Waals surface area contributed by atoms with Crippen LogP contribution in [0.2, 0.25) is 5.02 Å². The number of anilines is 2. The van der Waals surface area contributed by atoms with E-state index in [-0.39, 0.29) is 5.91 Å². The molecule has 32 heavy (non-hydrogen) atoms. The summed E-state index contributed by atoms with van der Waals surface area (Å²) in [5, 5.41) is 2.15. The first-order chi connectivity index (χ1) is 15.5. The standard InChI is InChI=1S/C25H21ClN2O4/c1-15-18(26)12-8-13-19(15)27-24(29)21-22(17-11-6-7-14-20(17)31-2)28(32-23(21)25(27)30)16-9-4-3-5-10-16/h3-14,21-23H,1-2H3/t21-,22-,23-/m0/s1. The second-order valence-electron chi connectivity index (χ2n) is 7.80. The Hall–Kier alpha value is -3.35. The Labute approximate surface area is 190 Å². The van der Waals surface area contributed by atoms with Gasteiger partial charge in [-0.1, -0.05) is 54.1 Å². The number of hydrogen-bond donors (Lipinski definition) is 0. The smallest absolute Gasteiger partial charge is 0.266 e. The SMILES string of the molecule is COc1ccccc1[C@H]1[C@@H]2C(=O)N(c3cccc(Cl)c3C)C(=O)[C@H]2ON1c1ccccc1. The maximum absolute atomic E-state index is 13.7. The second kappa shape index (κ2) is 7.97. The first-order valence-corrected chi connectivity index (χ1v) is 10.7. The van der Waals surface area contributed by atoms with Gasteiger partial charge >= 0.3 is 0 Å². The molecule has 3 aromatic rings. The number of imide groups is 1. The summed E-state index contributed by atoms with van der Waals surface area (Å²) in [7, 11) is 1.59. The van der Waals surface area contributed by atoms with Gasteiger partial charge in [0.2, 0.25) is 5.91 Å². The number of carbonyl (C=O) groups is 2. The Morgan fingerprint density at radius 3 is 2.38 bits per heavy atom. The number of halogens is 1. The molecule has 3 atom stereocenters. The second-order valence-corrected chi connectivity index (χ2v) is 8.20. The van der Waals surface area contributed by atoms with E-state index in [1.807, 2.05) is 54.6 Å². The fraction of sp³-hybridized carbons (Fsp3) is 0.200. The van der Waals surface area contributed by atoms with E-state index in [2.05, 4.69) is 0 Å². The molecule has 3 aromatic carbocycles. The minimum atomic E-state index is -0.948. The number of amides is 2. The molecule has 0 unspecified atom stereocenters. The van der Waals surface area contributed by atoms with Gasteiger partial charge in [-0.2, -0.15) is 0 Å². The first kappa shape index (κ1) is 20.5. The summed E-state index contributed by atoms with van der Waals surface area (Å²) >= 11 is 6.27. The highest BCUT2D eigenvalue weighted by Crippen LogP contribution is 2.49. The third-order valence-corrected chi connectivity index (χ3v) is 6.47. The lowest BCUT2D eigenvalue weighted by Crippen LogP contribution is -2.37. The van der Waals surface area contributed by atoms with Gasteiger partial charge in [-0.25, -0.2) is 9.96 Å². The van der Waals surface area contributed by atoms with Crippen LogP contribution < -0.4 is 14.7 Å². The zero-order valence-corrected chi connectivity index (χ0v) is 18.3. The van der Waals surface area contributed by atoms with Crippen LogP contribution in [0.25, 0.3) is 0 Å². The van der Waals surface area contributed by atoms with E-state index < -0.39 is 24.0 Å². The van der Waals surface area contributed by atoms with Gasteiger partial charge in [0.05, 0.1) is 24.5 Å². The molecule has 7 heteroatoms. The van der Waals surface area contributed by atoms with E-state index in [9.17, 15) is 9.59 Å². The van der Waals surface area contributed by atoms with Crippen molar-refractivity contribution < 1.29 is 19.2 Å². The van der Waals surface area contributed by atoms with Crippen molar-refractivity contribution in [2.75, 3.05) is 17.1 Å². The molecule has 6 nitrogen and oxygen atoms in total. The lowest BCUT2D eigenvalue weighted by molar-refractivity contribution is -0.126. The van der Waals surface area contributed by atoms with Crippen molar-refractivity contribution in [3.8, 4) is 5.75 Å². The molecular weight excluding hydrogens is 428 g/mol. The van der Waals surface area contributed by atoms with Gasteiger partial charge in [-0.05, 0) is 42.8 Å². The van der Waals surface area contributed by atoms with E-state index in [0.717, 1.165) is 11.3 Å². The van der Waals surface area contributed by atoms with Crippen molar-refractivity contribution in [3.05, 3.63) is 88.9 Å². The topological polar surface area (TPSA) is 59.1 Å². The lowest BCUT2D eigenvalue weighted by atomic mass is 9.90. The maximum Gasteiger partial charge on any atom is 0.266 e. The van der Waals surface area contributed by atoms with Crippen molar-refractivity contribution in [3.63, 3.8) is 0 Å². The molecule has 0 radical (unpaired) electrons. The summed E-state index contributed by atoms with van der Waals surface area (Å²) < 4.78 is 5.59. The molecule has 0 aliphatic carbocycles. The molecule has 2 saturated heterocycles. The maximum atomic E-state index is 13.7. The summed E-state index contributed by atoms with van der Waals surface area (Å²) in [5.41, 5.74) is 2.68. The van der Waals surface area contributed by atoms with E-state index in [0.29, 0.717) is 22.0 Å². The van der Waals surface area contributed by atoms with Gasteiger partial charge < -0.3 is 4.74 Å². The molecule has 0 saturated carbocycles. The van der Waals surface area contributed by atoms with Gasteiger partial charge in [0, 0.05) is 10.6 Å². The van der Waals surface area contributed by atoms with Gasteiger partial charge in [0.25, 0.3) is 5.91 Å². The van der Waals surface area contributed by atoms with Crippen LogP contribution in [0.15, 0.2) is 72.8 Å². The van der Waals surface area contributed by atoms with Gasteiger partial charge in [0.1, 0.15) is 11.7 Å². The average Bonchev–Trinajstić information content (AvgIpc) is 3.32. The molecule has 2 aliphatic heterocycles. The van der Waals surface area contributed by atoms with E-state index in [4.69, 9.17) is 21.2 Å². The number of nitrogens with zero attached hydrogens (tertiary/aromatic N) is 2. The largest absolute Gasteiger partial charge is 0.496 e. The first-order valence-electron chi connectivity index (χ1n) is 10.3. The number of para-hydroxylation sites is 2. The molecule has 2 heterocycles. The lowest BCUT2D eigenvalue weighted by Gasteiger charge is -2.29. The predicted octanol–water partition coefficient (Wildman–Crippen LogP) is 4.71. The van der Waals surface area contributed by atoms with Crippen LogP contribution >= 0.6 is 11.6 Å². The number of rotatable bonds is 4. The Bertz CT molecular complexity index is 1200. The fourth-order valence-electron chi connectivity index (χ4n) is 4.52. The Kier molecular flexibility index (Phi) is 5.12. The number of carbonyl (C=O) groups excluding carboxylic acids is 2. The monoisotopic (exact) mass is 448 g/mol. The summed E-state index contributed by atoms with van der Waals surface area (Å²) in [6.45, 7) is 1.79. The zero-order valence-electron chi connectivity index (χ0n) is 17.6. The third kappa shape index (κ3) is 3.06. The van der Waals surface area contributed by atoms with Gasteiger partial charge in [-0.15, -0.1) is 0 Å². The van der Waals surface area contributed by atoms with Crippen LogP contribution in [-0.2, 0) is 14.4 Å². The van der Waals surface area contributed by atoms with Gasteiger partial charge in [-0.3, -0.25) is 14.4 Å². The summed E-state index contributed by atoms with van der Waals surface area (Å²) in [5.74, 6) is -0.832. The number of ether oxygens (including phenoxy) is 1. The van der Waals surface area contributed by atoms with E-state index >= 15 is 0 Å². The molecule has 0 spiro atoms. The minimum Gasteiger partial charge on any atom is -0.496 e. The van der Waals surface area contributed by atoms with Crippen LogP contribution in [0.3, 0.4) is 0 Å². The number of hydroxylamine groups is 1.